The monoisotopic (exact) mass is 341 g/mol. The van der Waals surface area contributed by atoms with E-state index in [0.29, 0.717) is 0 Å². The van der Waals surface area contributed by atoms with Gasteiger partial charge in [0.15, 0.2) is 9.84 Å². The van der Waals surface area contributed by atoms with Gasteiger partial charge in [0.05, 0.1) is 5.56 Å². The first-order valence-electron chi connectivity index (χ1n) is 6.08. The second-order valence-electron chi connectivity index (χ2n) is 4.44. The van der Waals surface area contributed by atoms with Crippen molar-refractivity contribution in [1.82, 2.24) is 4.98 Å². The summed E-state index contributed by atoms with van der Waals surface area (Å²) in [6, 6.07) is 7.27. The number of pyridine rings is 1. The van der Waals surface area contributed by atoms with Gasteiger partial charge < -0.3 is 9.84 Å². The van der Waals surface area contributed by atoms with Crippen LogP contribution in [0.25, 0.3) is 0 Å². The third kappa shape index (κ3) is 3.55. The predicted octanol–water partition coefficient (Wildman–Crippen LogP) is 2.71. The number of hydrogen-bond acceptors (Lipinski definition) is 5. The van der Waals surface area contributed by atoms with Gasteiger partial charge in [0.2, 0.25) is 5.88 Å². The molecule has 0 atom stereocenters. The van der Waals surface area contributed by atoms with Crippen molar-refractivity contribution in [1.29, 1.82) is 0 Å². The highest BCUT2D eigenvalue weighted by molar-refractivity contribution is 7.90. The van der Waals surface area contributed by atoms with Crippen molar-refractivity contribution in [2.75, 3.05) is 6.26 Å². The number of carbonyl (C=O) groups is 1. The third-order valence-electron chi connectivity index (χ3n) is 2.80. The fourth-order valence-corrected chi connectivity index (χ4v) is 2.82. The third-order valence-corrected chi connectivity index (χ3v) is 4.20. The van der Waals surface area contributed by atoms with Crippen LogP contribution in [0.5, 0.6) is 11.6 Å². The molecule has 22 heavy (non-hydrogen) atoms. The smallest absolute Gasteiger partial charge is 0.336 e. The number of aromatic carboxylic acids is 1. The molecule has 0 unspecified atom stereocenters. The molecule has 116 valence electrons. The van der Waals surface area contributed by atoms with Gasteiger partial charge in [-0.15, -0.1) is 11.6 Å². The fraction of sp³-hybridized carbons (Fsp3) is 0.143. The minimum Gasteiger partial charge on any atom is -0.478 e. The summed E-state index contributed by atoms with van der Waals surface area (Å²) < 4.78 is 29.3. The van der Waals surface area contributed by atoms with E-state index in [4.69, 9.17) is 21.4 Å². The second-order valence-corrected chi connectivity index (χ2v) is 6.69. The lowest BCUT2D eigenvalue weighted by Crippen LogP contribution is -2.07. The number of nitrogens with zero attached hydrogens (tertiary/aromatic N) is 1. The fourth-order valence-electron chi connectivity index (χ4n) is 1.80. The van der Waals surface area contributed by atoms with E-state index in [1.165, 1.54) is 12.3 Å². The number of aromatic nitrogens is 1. The zero-order valence-corrected chi connectivity index (χ0v) is 13.1. The van der Waals surface area contributed by atoms with E-state index in [-0.39, 0.29) is 33.5 Å². The Hall–Kier alpha value is -2.12. The molecule has 0 radical (unpaired) electrons. The summed E-state index contributed by atoms with van der Waals surface area (Å²) in [5.41, 5.74) is 0.0799. The molecule has 0 aliphatic carbocycles. The molecule has 0 fully saturated rings. The van der Waals surface area contributed by atoms with Crippen LogP contribution in [0.4, 0.5) is 0 Å². The molecule has 6 nitrogen and oxygen atoms in total. The highest BCUT2D eigenvalue weighted by Gasteiger charge is 2.22. The van der Waals surface area contributed by atoms with Crippen molar-refractivity contribution >= 4 is 27.4 Å². The first-order chi connectivity index (χ1) is 10.3. The standard InChI is InChI=1S/C14H12ClNO5S/c1-22(19,20)12-7-10(14(17)18)9(8-15)6-11(12)21-13-4-2-3-5-16-13/h2-7H,8H2,1H3,(H,17,18). The lowest BCUT2D eigenvalue weighted by molar-refractivity contribution is 0.0695. The van der Waals surface area contributed by atoms with Gasteiger partial charge in [0.25, 0.3) is 0 Å². The molecule has 2 rings (SSSR count). The summed E-state index contributed by atoms with van der Waals surface area (Å²) in [6.45, 7) is 0. The maximum atomic E-state index is 11.9. The first-order valence-corrected chi connectivity index (χ1v) is 8.50. The van der Waals surface area contributed by atoms with Gasteiger partial charge in [-0.25, -0.2) is 18.2 Å². The highest BCUT2D eigenvalue weighted by Crippen LogP contribution is 2.32. The zero-order chi connectivity index (χ0) is 16.3. The average Bonchev–Trinajstić information content (AvgIpc) is 2.46. The number of sulfone groups is 1. The maximum absolute atomic E-state index is 11.9. The summed E-state index contributed by atoms with van der Waals surface area (Å²) in [5.74, 6) is -1.17. The summed E-state index contributed by atoms with van der Waals surface area (Å²) in [4.78, 5) is 14.9. The minimum atomic E-state index is -3.69. The normalized spacial score (nSPS) is 11.2. The molecule has 2 aromatic rings. The molecule has 0 aliphatic rings. The van der Waals surface area contributed by atoms with Crippen LogP contribution in [0.1, 0.15) is 15.9 Å². The summed E-state index contributed by atoms with van der Waals surface area (Å²) in [6.07, 6.45) is 2.46. The molecule has 1 N–H and O–H groups in total. The summed E-state index contributed by atoms with van der Waals surface area (Å²) in [5, 5.41) is 9.16. The van der Waals surface area contributed by atoms with Crippen molar-refractivity contribution in [3.8, 4) is 11.6 Å². The van der Waals surface area contributed by atoms with Crippen molar-refractivity contribution in [3.63, 3.8) is 0 Å². The number of carboxylic acids is 1. The van der Waals surface area contributed by atoms with Crippen LogP contribution >= 0.6 is 11.6 Å². The van der Waals surface area contributed by atoms with Crippen LogP contribution < -0.4 is 4.74 Å². The molecule has 0 amide bonds. The topological polar surface area (TPSA) is 93.6 Å². The number of halogens is 1. The molecule has 1 aromatic carbocycles. The maximum Gasteiger partial charge on any atom is 0.336 e. The van der Waals surface area contributed by atoms with Gasteiger partial charge in [0.1, 0.15) is 10.6 Å². The Labute approximate surface area is 132 Å². The number of rotatable bonds is 5. The molecule has 0 bridgehead atoms. The number of ether oxygens (including phenoxy) is 1. The van der Waals surface area contributed by atoms with Crippen molar-refractivity contribution in [2.45, 2.75) is 10.8 Å². The number of carboxylic acid groups (broad SMARTS) is 1. The molecule has 0 spiro atoms. The van der Waals surface area contributed by atoms with E-state index in [1.807, 2.05) is 0 Å². The van der Waals surface area contributed by atoms with Crippen LogP contribution in [-0.2, 0) is 15.7 Å². The van der Waals surface area contributed by atoms with E-state index in [9.17, 15) is 13.2 Å². The van der Waals surface area contributed by atoms with Crippen molar-refractivity contribution < 1.29 is 23.1 Å². The molecule has 1 heterocycles. The second kappa shape index (κ2) is 6.33. The van der Waals surface area contributed by atoms with Gasteiger partial charge in [-0.05, 0) is 23.8 Å². The summed E-state index contributed by atoms with van der Waals surface area (Å²) >= 11 is 5.73. The zero-order valence-electron chi connectivity index (χ0n) is 11.5. The Kier molecular flexibility index (Phi) is 4.68. The van der Waals surface area contributed by atoms with Crippen LogP contribution in [0.15, 0.2) is 41.4 Å². The molecule has 0 saturated heterocycles. The van der Waals surface area contributed by atoms with Crippen molar-refractivity contribution in [3.05, 3.63) is 47.7 Å². The molecular formula is C14H12ClNO5S. The van der Waals surface area contributed by atoms with Gasteiger partial charge in [-0.1, -0.05) is 6.07 Å². The quantitative estimate of drug-likeness (QED) is 0.840. The minimum absolute atomic E-state index is 0.0122. The van der Waals surface area contributed by atoms with E-state index in [1.54, 1.807) is 18.2 Å². The lowest BCUT2D eigenvalue weighted by atomic mass is 10.1. The molecule has 8 heteroatoms. The Morgan fingerprint density at radius 3 is 2.59 bits per heavy atom. The van der Waals surface area contributed by atoms with Crippen LogP contribution in [0.2, 0.25) is 0 Å². The number of hydrogen-bond donors (Lipinski definition) is 1. The SMILES string of the molecule is CS(=O)(=O)c1cc(C(=O)O)c(CCl)cc1Oc1ccccn1. The average molecular weight is 342 g/mol. The predicted molar refractivity (Wildman–Crippen MR) is 80.4 cm³/mol. The van der Waals surface area contributed by atoms with Gasteiger partial charge in [0, 0.05) is 24.4 Å². The van der Waals surface area contributed by atoms with E-state index >= 15 is 0 Å². The molecule has 0 aliphatic heterocycles. The van der Waals surface area contributed by atoms with Gasteiger partial charge in [-0.3, -0.25) is 0 Å². The van der Waals surface area contributed by atoms with Crippen LogP contribution in [-0.4, -0.2) is 30.7 Å². The summed E-state index contributed by atoms with van der Waals surface area (Å²) in [7, 11) is -3.69. The Bertz CT molecular complexity index is 805. The Morgan fingerprint density at radius 1 is 1.36 bits per heavy atom. The van der Waals surface area contributed by atoms with E-state index in [2.05, 4.69) is 4.98 Å². The highest BCUT2D eigenvalue weighted by atomic mass is 35.5. The molecule has 1 aromatic heterocycles. The molecular weight excluding hydrogens is 330 g/mol. The van der Waals surface area contributed by atoms with E-state index in [0.717, 1.165) is 12.3 Å². The Morgan fingerprint density at radius 2 is 2.09 bits per heavy atom. The van der Waals surface area contributed by atoms with Crippen LogP contribution in [0, 0.1) is 0 Å². The number of benzene rings is 1. The van der Waals surface area contributed by atoms with Gasteiger partial charge in [-0.2, -0.15) is 0 Å². The largest absolute Gasteiger partial charge is 0.478 e. The first kappa shape index (κ1) is 16.3. The lowest BCUT2D eigenvalue weighted by Gasteiger charge is -2.12. The van der Waals surface area contributed by atoms with E-state index < -0.39 is 15.8 Å². The molecule has 0 saturated carbocycles. The van der Waals surface area contributed by atoms with Crippen molar-refractivity contribution in [2.24, 2.45) is 0 Å². The van der Waals surface area contributed by atoms with Gasteiger partial charge >= 0.3 is 5.97 Å². The van der Waals surface area contributed by atoms with Crippen LogP contribution in [0.3, 0.4) is 0 Å². The number of alkyl halides is 1. The Balaban J connectivity index is 2.63.